The lowest BCUT2D eigenvalue weighted by atomic mass is 9.80. The van der Waals surface area contributed by atoms with E-state index in [1.165, 1.54) is 0 Å². The van der Waals surface area contributed by atoms with E-state index in [1.54, 1.807) is 12.1 Å². The van der Waals surface area contributed by atoms with Crippen molar-refractivity contribution in [2.75, 3.05) is 6.16 Å². The Morgan fingerprint density at radius 1 is 0.550 bits per heavy atom. The second-order valence-electron chi connectivity index (χ2n) is 12.3. The van der Waals surface area contributed by atoms with Crippen LogP contribution in [0.25, 0.3) is 33.4 Å². The maximum absolute atomic E-state index is 15.5. The summed E-state index contributed by atoms with van der Waals surface area (Å²) in [6, 6.07) is 31.5. The minimum Gasteiger partial charge on any atom is -0.376 e. The third-order valence-electron chi connectivity index (χ3n) is 7.30. The van der Waals surface area contributed by atoms with Crippen LogP contribution < -0.4 is 0 Å². The van der Waals surface area contributed by atoms with Crippen LogP contribution in [0, 0.1) is 0 Å². The van der Waals surface area contributed by atoms with Crippen molar-refractivity contribution in [1.29, 1.82) is 0 Å². The van der Waals surface area contributed by atoms with Crippen molar-refractivity contribution in [3.63, 3.8) is 0 Å². The van der Waals surface area contributed by atoms with Gasteiger partial charge in [0.2, 0.25) is 0 Å². The van der Waals surface area contributed by atoms with Crippen molar-refractivity contribution in [3.8, 4) is 33.4 Å². The molecule has 40 heavy (non-hydrogen) atoms. The molecule has 4 rings (SSSR count). The SMILES string of the molecule is CC(C)(C)P(CC(O)(c1c(-c2ccccc2)cc(-c2ccccc2)cc1-c1ccccc1)C(F)(F)F)C(C)(C)C. The molecule has 0 spiro atoms. The number of benzene rings is 4. The molecule has 1 unspecified atom stereocenters. The Morgan fingerprint density at radius 2 is 0.900 bits per heavy atom. The second kappa shape index (κ2) is 11.1. The monoisotopic (exact) mass is 562 g/mol. The molecular weight excluding hydrogens is 524 g/mol. The molecule has 5 heteroatoms. The van der Waals surface area contributed by atoms with Crippen LogP contribution in [-0.2, 0) is 5.60 Å². The molecule has 0 aliphatic rings. The Hall–Kier alpha value is -2.94. The van der Waals surface area contributed by atoms with Crippen LogP contribution in [0.3, 0.4) is 0 Å². The molecule has 4 aromatic carbocycles. The molecule has 0 heterocycles. The average molecular weight is 563 g/mol. The molecule has 1 N–H and O–H groups in total. The van der Waals surface area contributed by atoms with Crippen molar-refractivity contribution in [1.82, 2.24) is 0 Å². The van der Waals surface area contributed by atoms with Gasteiger partial charge in [-0.3, -0.25) is 0 Å². The zero-order valence-electron chi connectivity index (χ0n) is 24.1. The summed E-state index contributed by atoms with van der Waals surface area (Å²) in [5.74, 6) is 0. The van der Waals surface area contributed by atoms with E-state index in [4.69, 9.17) is 0 Å². The Bertz CT molecular complexity index is 1340. The number of aliphatic hydroxyl groups is 1. The third kappa shape index (κ3) is 6.19. The molecule has 0 radical (unpaired) electrons. The summed E-state index contributed by atoms with van der Waals surface area (Å²) in [6.07, 6.45) is -5.31. The van der Waals surface area contributed by atoms with Crippen molar-refractivity contribution < 1.29 is 18.3 Å². The molecule has 0 fully saturated rings. The molecule has 0 amide bonds. The summed E-state index contributed by atoms with van der Waals surface area (Å²) in [5, 5.41) is 11.4. The number of alkyl halides is 3. The maximum Gasteiger partial charge on any atom is 0.421 e. The molecule has 1 nitrogen and oxygen atoms in total. The summed E-state index contributed by atoms with van der Waals surface area (Å²) in [6.45, 7) is 11.9. The third-order valence-corrected chi connectivity index (χ3v) is 11.3. The van der Waals surface area contributed by atoms with Gasteiger partial charge in [-0.05, 0) is 55.8 Å². The lowest BCUT2D eigenvalue weighted by Gasteiger charge is -2.47. The lowest BCUT2D eigenvalue weighted by Crippen LogP contribution is -2.48. The summed E-state index contributed by atoms with van der Waals surface area (Å²) in [7, 11) is -1.30. The Kier molecular flexibility index (Phi) is 8.37. The molecule has 1 atom stereocenters. The molecule has 0 saturated heterocycles. The van der Waals surface area contributed by atoms with Crippen LogP contribution in [0.15, 0.2) is 103 Å². The van der Waals surface area contributed by atoms with Crippen LogP contribution in [0.5, 0.6) is 0 Å². The van der Waals surface area contributed by atoms with Crippen LogP contribution in [0.4, 0.5) is 13.2 Å². The number of hydrogen-bond donors (Lipinski definition) is 1. The molecule has 0 bridgehead atoms. The van der Waals surface area contributed by atoms with Gasteiger partial charge < -0.3 is 5.11 Å². The highest BCUT2D eigenvalue weighted by atomic mass is 31.1. The smallest absolute Gasteiger partial charge is 0.376 e. The Balaban J connectivity index is 2.15. The van der Waals surface area contributed by atoms with E-state index in [0.717, 1.165) is 11.1 Å². The van der Waals surface area contributed by atoms with Gasteiger partial charge >= 0.3 is 6.18 Å². The number of rotatable bonds is 6. The molecule has 0 aliphatic heterocycles. The Morgan fingerprint density at radius 3 is 1.23 bits per heavy atom. The highest BCUT2D eigenvalue weighted by Crippen LogP contribution is 2.64. The van der Waals surface area contributed by atoms with Gasteiger partial charge in [0.25, 0.3) is 0 Å². The van der Waals surface area contributed by atoms with Crippen molar-refractivity contribution >= 4 is 7.92 Å². The van der Waals surface area contributed by atoms with Gasteiger partial charge in [-0.1, -0.05) is 140 Å². The summed E-state index contributed by atoms with van der Waals surface area (Å²) < 4.78 is 46.5. The van der Waals surface area contributed by atoms with Crippen molar-refractivity contribution in [2.24, 2.45) is 0 Å². The number of hydrogen-bond acceptors (Lipinski definition) is 1. The number of halogens is 3. The van der Waals surface area contributed by atoms with Gasteiger partial charge in [0, 0.05) is 11.7 Å². The second-order valence-corrected chi connectivity index (χ2v) is 16.2. The highest BCUT2D eigenvalue weighted by molar-refractivity contribution is 7.60. The van der Waals surface area contributed by atoms with Gasteiger partial charge in [0.05, 0.1) is 0 Å². The summed E-state index contributed by atoms with van der Waals surface area (Å²) >= 11 is 0. The molecule has 0 aromatic heterocycles. The van der Waals surface area contributed by atoms with Gasteiger partial charge in [-0.15, -0.1) is 0 Å². The predicted molar refractivity (Wildman–Crippen MR) is 164 cm³/mol. The first-order chi connectivity index (χ1) is 18.6. The molecule has 210 valence electrons. The minimum atomic E-state index is -4.91. The van der Waals surface area contributed by atoms with Crippen LogP contribution in [0.1, 0.15) is 47.1 Å². The van der Waals surface area contributed by atoms with E-state index in [1.807, 2.05) is 133 Å². The Labute approximate surface area is 237 Å². The predicted octanol–water partition coefficient (Wildman–Crippen LogP) is 10.5. The van der Waals surface area contributed by atoms with Gasteiger partial charge in [0.15, 0.2) is 5.60 Å². The quantitative estimate of drug-likeness (QED) is 0.232. The molecule has 0 saturated carbocycles. The average Bonchev–Trinajstić information content (AvgIpc) is 2.90. The van der Waals surface area contributed by atoms with Gasteiger partial charge in [-0.2, -0.15) is 13.2 Å². The molecular formula is C35H38F3OP. The lowest BCUT2D eigenvalue weighted by molar-refractivity contribution is -0.256. The molecule has 0 aliphatic carbocycles. The first-order valence-electron chi connectivity index (χ1n) is 13.5. The van der Waals surface area contributed by atoms with Gasteiger partial charge in [-0.25, -0.2) is 0 Å². The van der Waals surface area contributed by atoms with Crippen molar-refractivity contribution in [3.05, 3.63) is 109 Å². The normalized spacial score (nSPS) is 14.3. The first kappa shape index (κ1) is 30.0. The zero-order chi connectivity index (χ0) is 29.3. The fourth-order valence-corrected chi connectivity index (χ4v) is 9.35. The summed E-state index contributed by atoms with van der Waals surface area (Å²) in [5.41, 5.74) is 0.558. The van der Waals surface area contributed by atoms with Crippen LogP contribution in [0.2, 0.25) is 0 Å². The van der Waals surface area contributed by atoms with E-state index in [9.17, 15) is 5.11 Å². The van der Waals surface area contributed by atoms with Crippen molar-refractivity contribution in [2.45, 2.75) is 63.6 Å². The zero-order valence-corrected chi connectivity index (χ0v) is 24.9. The van der Waals surface area contributed by atoms with E-state index < -0.39 is 36.2 Å². The van der Waals surface area contributed by atoms with E-state index in [-0.39, 0.29) is 5.56 Å². The van der Waals surface area contributed by atoms with Crippen LogP contribution >= 0.6 is 7.92 Å². The van der Waals surface area contributed by atoms with Gasteiger partial charge in [0.1, 0.15) is 0 Å². The standard InChI is InChI=1S/C35H38F3OP/c1-32(2,3)40(33(4,5)6)24-34(39,35(36,37)38)31-29(26-18-12-8-13-19-26)22-28(25-16-10-7-11-17-25)23-30(31)27-20-14-9-15-21-27/h7-23,39H,24H2,1-6H3. The topological polar surface area (TPSA) is 20.2 Å². The maximum atomic E-state index is 15.5. The summed E-state index contributed by atoms with van der Waals surface area (Å²) in [4.78, 5) is 0. The first-order valence-corrected chi connectivity index (χ1v) is 15.1. The minimum absolute atomic E-state index is 0.0851. The fourth-order valence-electron chi connectivity index (χ4n) is 5.60. The van der Waals surface area contributed by atoms with E-state index in [2.05, 4.69) is 0 Å². The largest absolute Gasteiger partial charge is 0.421 e. The molecule has 4 aromatic rings. The highest BCUT2D eigenvalue weighted by Gasteiger charge is 2.59. The van der Waals surface area contributed by atoms with Crippen LogP contribution in [-0.4, -0.2) is 27.8 Å². The van der Waals surface area contributed by atoms with E-state index >= 15 is 13.2 Å². The van der Waals surface area contributed by atoms with E-state index in [0.29, 0.717) is 22.3 Å². The fraction of sp³-hybridized carbons (Fsp3) is 0.314.